The van der Waals surface area contributed by atoms with Gasteiger partial charge in [0.1, 0.15) is 5.82 Å². The van der Waals surface area contributed by atoms with Crippen LogP contribution in [0.25, 0.3) is 0 Å². The number of aryl methyl sites for hydroxylation is 1. The van der Waals surface area contributed by atoms with Crippen molar-refractivity contribution < 1.29 is 0 Å². The van der Waals surface area contributed by atoms with Gasteiger partial charge in [-0.1, -0.05) is 54.6 Å². The van der Waals surface area contributed by atoms with Gasteiger partial charge in [0.25, 0.3) is 0 Å². The molecule has 0 bridgehead atoms. The van der Waals surface area contributed by atoms with Crippen molar-refractivity contribution >= 4 is 5.96 Å². The Balaban J connectivity index is 1.54. The minimum Gasteiger partial charge on any atom is -0.356 e. The maximum Gasteiger partial charge on any atom is 0.193 e. The van der Waals surface area contributed by atoms with Crippen molar-refractivity contribution in [3.05, 3.63) is 89.5 Å². The molecule has 1 heterocycles. The van der Waals surface area contributed by atoms with Gasteiger partial charge in [-0.3, -0.25) is 4.99 Å². The van der Waals surface area contributed by atoms with Gasteiger partial charge in [0.2, 0.25) is 0 Å². The molecule has 28 heavy (non-hydrogen) atoms. The quantitative estimate of drug-likeness (QED) is 0.508. The molecule has 0 aliphatic heterocycles. The molecule has 0 saturated heterocycles. The molecule has 0 fully saturated rings. The van der Waals surface area contributed by atoms with Crippen LogP contribution in [-0.2, 0) is 19.5 Å². The van der Waals surface area contributed by atoms with Gasteiger partial charge in [0, 0.05) is 52.5 Å². The summed E-state index contributed by atoms with van der Waals surface area (Å²) >= 11 is 0. The van der Waals surface area contributed by atoms with Gasteiger partial charge < -0.3 is 14.8 Å². The van der Waals surface area contributed by atoms with Crippen LogP contribution in [0.1, 0.15) is 22.5 Å². The average molecular weight is 376 g/mol. The number of benzene rings is 2. The normalized spacial score (nSPS) is 11.5. The third-order valence-corrected chi connectivity index (χ3v) is 4.87. The van der Waals surface area contributed by atoms with Crippen LogP contribution in [0.15, 0.2) is 72.0 Å². The smallest absolute Gasteiger partial charge is 0.193 e. The summed E-state index contributed by atoms with van der Waals surface area (Å²) in [5.41, 5.74) is 3.89. The van der Waals surface area contributed by atoms with Gasteiger partial charge in [-0.15, -0.1) is 0 Å². The van der Waals surface area contributed by atoms with E-state index in [1.54, 1.807) is 0 Å². The van der Waals surface area contributed by atoms with E-state index in [0.717, 1.165) is 37.8 Å². The van der Waals surface area contributed by atoms with E-state index in [9.17, 15) is 0 Å². The van der Waals surface area contributed by atoms with Crippen molar-refractivity contribution in [1.29, 1.82) is 0 Å². The first-order chi connectivity index (χ1) is 13.7. The zero-order chi connectivity index (χ0) is 19.8. The number of imidazole rings is 1. The molecule has 3 rings (SSSR count). The Labute approximate surface area is 167 Å². The number of nitrogens with zero attached hydrogens (tertiary/aromatic N) is 4. The molecule has 0 spiro atoms. The largest absolute Gasteiger partial charge is 0.356 e. The van der Waals surface area contributed by atoms with Gasteiger partial charge in [-0.2, -0.15) is 0 Å². The Morgan fingerprint density at radius 2 is 1.86 bits per heavy atom. The highest BCUT2D eigenvalue weighted by Gasteiger charge is 2.09. The molecule has 2 aromatic carbocycles. The number of aliphatic imine (C=N–C) groups is 1. The molecule has 0 saturated carbocycles. The Hall–Kier alpha value is -3.08. The summed E-state index contributed by atoms with van der Waals surface area (Å²) in [6.45, 7) is 4.61. The molecule has 0 aliphatic rings. The summed E-state index contributed by atoms with van der Waals surface area (Å²) < 4.78 is 2.21. The summed E-state index contributed by atoms with van der Waals surface area (Å²) in [7, 11) is 3.89. The Bertz CT molecular complexity index is 898. The highest BCUT2D eigenvalue weighted by molar-refractivity contribution is 5.79. The van der Waals surface area contributed by atoms with E-state index in [-0.39, 0.29) is 0 Å². The first kappa shape index (κ1) is 19.7. The van der Waals surface area contributed by atoms with Crippen LogP contribution in [-0.4, -0.2) is 41.1 Å². The van der Waals surface area contributed by atoms with Crippen LogP contribution in [0, 0.1) is 6.92 Å². The molecule has 146 valence electrons. The first-order valence-electron chi connectivity index (χ1n) is 9.67. The van der Waals surface area contributed by atoms with E-state index in [0.29, 0.717) is 0 Å². The minimum absolute atomic E-state index is 0.788. The lowest BCUT2D eigenvalue weighted by molar-refractivity contribution is 0.475. The van der Waals surface area contributed by atoms with Crippen LogP contribution in [0.3, 0.4) is 0 Å². The van der Waals surface area contributed by atoms with Crippen molar-refractivity contribution in [2.45, 2.75) is 26.4 Å². The van der Waals surface area contributed by atoms with Crippen molar-refractivity contribution in [1.82, 2.24) is 19.8 Å². The third kappa shape index (κ3) is 5.22. The summed E-state index contributed by atoms with van der Waals surface area (Å²) in [6, 6.07) is 18.9. The lowest BCUT2D eigenvalue weighted by Gasteiger charge is -2.23. The number of rotatable bonds is 7. The Morgan fingerprint density at radius 1 is 1.11 bits per heavy atom. The number of hydrogen-bond acceptors (Lipinski definition) is 2. The summed E-state index contributed by atoms with van der Waals surface area (Å²) in [5.74, 6) is 1.97. The van der Waals surface area contributed by atoms with E-state index in [2.05, 4.69) is 87.3 Å². The molecule has 0 atom stereocenters. The fourth-order valence-electron chi connectivity index (χ4n) is 3.28. The topological polar surface area (TPSA) is 45.5 Å². The molecule has 5 nitrogen and oxygen atoms in total. The van der Waals surface area contributed by atoms with Gasteiger partial charge in [0.05, 0.1) is 0 Å². The SMILES string of the molecule is CN=C(NCCc1nccn1Cc1ccccc1)N(C)Cc1ccccc1C. The molecule has 1 aromatic heterocycles. The second-order valence-corrected chi connectivity index (χ2v) is 6.96. The van der Waals surface area contributed by atoms with Crippen LogP contribution < -0.4 is 5.32 Å². The Morgan fingerprint density at radius 3 is 2.61 bits per heavy atom. The van der Waals surface area contributed by atoms with Gasteiger partial charge in [0.15, 0.2) is 5.96 Å². The van der Waals surface area contributed by atoms with Crippen LogP contribution in [0.5, 0.6) is 0 Å². The standard InChI is InChI=1S/C23H29N5/c1-19-9-7-8-12-21(19)18-27(3)23(24-2)26-14-13-22-25-15-16-28(22)17-20-10-5-4-6-11-20/h4-12,15-16H,13-14,17-18H2,1-3H3,(H,24,26). The fraction of sp³-hybridized carbons (Fsp3) is 0.304. The number of hydrogen-bond donors (Lipinski definition) is 1. The molecule has 0 radical (unpaired) electrons. The number of guanidine groups is 1. The third-order valence-electron chi connectivity index (χ3n) is 4.87. The maximum absolute atomic E-state index is 4.53. The predicted molar refractivity (Wildman–Crippen MR) is 115 cm³/mol. The second kappa shape index (κ2) is 9.74. The van der Waals surface area contributed by atoms with Crippen molar-refractivity contribution in [2.24, 2.45) is 4.99 Å². The van der Waals surface area contributed by atoms with E-state index < -0.39 is 0 Å². The zero-order valence-corrected chi connectivity index (χ0v) is 17.0. The van der Waals surface area contributed by atoms with E-state index in [1.165, 1.54) is 16.7 Å². The van der Waals surface area contributed by atoms with Crippen LogP contribution in [0.4, 0.5) is 0 Å². The van der Waals surface area contributed by atoms with E-state index in [1.807, 2.05) is 25.5 Å². The fourth-order valence-corrected chi connectivity index (χ4v) is 3.28. The van der Waals surface area contributed by atoms with Crippen LogP contribution >= 0.6 is 0 Å². The number of aromatic nitrogens is 2. The van der Waals surface area contributed by atoms with Gasteiger partial charge >= 0.3 is 0 Å². The van der Waals surface area contributed by atoms with Crippen molar-refractivity contribution in [2.75, 3.05) is 20.6 Å². The second-order valence-electron chi connectivity index (χ2n) is 6.96. The lowest BCUT2D eigenvalue weighted by Crippen LogP contribution is -2.39. The first-order valence-corrected chi connectivity index (χ1v) is 9.67. The highest BCUT2D eigenvalue weighted by atomic mass is 15.3. The van der Waals surface area contributed by atoms with E-state index in [4.69, 9.17) is 0 Å². The van der Waals surface area contributed by atoms with E-state index >= 15 is 0 Å². The molecule has 0 aliphatic carbocycles. The van der Waals surface area contributed by atoms with Crippen molar-refractivity contribution in [3.8, 4) is 0 Å². The molecule has 5 heteroatoms. The maximum atomic E-state index is 4.53. The molecule has 3 aromatic rings. The van der Waals surface area contributed by atoms with Crippen LogP contribution in [0.2, 0.25) is 0 Å². The molecular formula is C23H29N5. The Kier molecular flexibility index (Phi) is 6.84. The highest BCUT2D eigenvalue weighted by Crippen LogP contribution is 2.10. The molecule has 0 unspecified atom stereocenters. The minimum atomic E-state index is 0.788. The molecule has 0 amide bonds. The summed E-state index contributed by atoms with van der Waals surface area (Å²) in [5, 5.41) is 3.46. The lowest BCUT2D eigenvalue weighted by atomic mass is 10.1. The summed E-state index contributed by atoms with van der Waals surface area (Å²) in [4.78, 5) is 11.1. The van der Waals surface area contributed by atoms with Crippen molar-refractivity contribution in [3.63, 3.8) is 0 Å². The average Bonchev–Trinajstić information content (AvgIpc) is 3.14. The monoisotopic (exact) mass is 375 g/mol. The van der Waals surface area contributed by atoms with Gasteiger partial charge in [-0.05, 0) is 23.6 Å². The zero-order valence-electron chi connectivity index (χ0n) is 17.0. The number of nitrogens with one attached hydrogen (secondary N) is 1. The molecular weight excluding hydrogens is 346 g/mol. The summed E-state index contributed by atoms with van der Waals surface area (Å²) in [6.07, 6.45) is 4.76. The van der Waals surface area contributed by atoms with Gasteiger partial charge in [-0.25, -0.2) is 4.98 Å². The predicted octanol–water partition coefficient (Wildman–Crippen LogP) is 3.49. The molecule has 1 N–H and O–H groups in total.